The Balaban J connectivity index is 0.00000115. The molecule has 3 heteroatoms. The molecule has 1 heterocycles. The first-order chi connectivity index (χ1) is 17.5. The molecule has 3 nitrogen and oxygen atoms in total. The largest absolute Gasteiger partial charge is 0.367 e. The summed E-state index contributed by atoms with van der Waals surface area (Å²) in [5.41, 5.74) is 6.23. The third-order valence-corrected chi connectivity index (χ3v) is 6.68. The molecular formula is C33H41N3. The van der Waals surface area contributed by atoms with Crippen LogP contribution in [0, 0.1) is 5.92 Å². The van der Waals surface area contributed by atoms with Gasteiger partial charge in [0.25, 0.3) is 0 Å². The first kappa shape index (κ1) is 27.0. The highest BCUT2D eigenvalue weighted by Gasteiger charge is 2.23. The summed E-state index contributed by atoms with van der Waals surface area (Å²) in [5.74, 6) is 1.65. The Labute approximate surface area is 218 Å². The van der Waals surface area contributed by atoms with Crippen LogP contribution < -0.4 is 0 Å². The highest BCUT2D eigenvalue weighted by Crippen LogP contribution is 2.30. The average molecular weight is 480 g/mol. The van der Waals surface area contributed by atoms with E-state index in [0.29, 0.717) is 5.92 Å². The van der Waals surface area contributed by atoms with Crippen LogP contribution in [0.25, 0.3) is 0 Å². The summed E-state index contributed by atoms with van der Waals surface area (Å²) in [6, 6.07) is 21.5. The summed E-state index contributed by atoms with van der Waals surface area (Å²) in [7, 11) is 2.14. The maximum Gasteiger partial charge on any atom is 0.102 e. The van der Waals surface area contributed by atoms with Gasteiger partial charge in [-0.3, -0.25) is 0 Å². The molecule has 0 saturated carbocycles. The quantitative estimate of drug-likeness (QED) is 0.238. The van der Waals surface area contributed by atoms with Crippen LogP contribution in [0.4, 0.5) is 0 Å². The molecule has 0 fully saturated rings. The fourth-order valence-corrected chi connectivity index (χ4v) is 4.63. The molecule has 0 amide bonds. The van der Waals surface area contributed by atoms with E-state index in [9.17, 15) is 0 Å². The zero-order valence-corrected chi connectivity index (χ0v) is 22.4. The Morgan fingerprint density at radius 2 is 1.64 bits per heavy atom. The van der Waals surface area contributed by atoms with Crippen LogP contribution in [-0.4, -0.2) is 35.8 Å². The van der Waals surface area contributed by atoms with Crippen molar-refractivity contribution in [2.75, 3.05) is 20.1 Å². The van der Waals surface area contributed by atoms with Gasteiger partial charge in [-0.2, -0.15) is 0 Å². The van der Waals surface area contributed by atoms with Gasteiger partial charge >= 0.3 is 0 Å². The van der Waals surface area contributed by atoms with Crippen molar-refractivity contribution in [1.82, 2.24) is 9.80 Å². The van der Waals surface area contributed by atoms with Crippen LogP contribution in [0.2, 0.25) is 0 Å². The standard InChI is InChI=1S/C30H35N3.C3H6/c1-5-25-22-33(28-18-16-23(2)17-19-28)21-20-29(25)31-24(3)32(4)30(26-12-8-6-9-13-26)27-14-10-7-11-15-27;1-3-2/h5-16,18-19,23,30H,1,17,20-22H2,2-4H3;3H,1H2,2H3. The molecule has 1 aliphatic heterocycles. The van der Waals surface area contributed by atoms with Gasteiger partial charge in [0.15, 0.2) is 0 Å². The van der Waals surface area contributed by atoms with Crippen LogP contribution in [0.15, 0.2) is 126 Å². The van der Waals surface area contributed by atoms with E-state index in [1.165, 1.54) is 22.4 Å². The summed E-state index contributed by atoms with van der Waals surface area (Å²) < 4.78 is 0. The van der Waals surface area contributed by atoms with E-state index >= 15 is 0 Å². The molecule has 1 aliphatic carbocycles. The lowest BCUT2D eigenvalue weighted by Crippen LogP contribution is -2.32. The van der Waals surface area contributed by atoms with Crippen molar-refractivity contribution >= 4 is 5.84 Å². The number of allylic oxidation sites excluding steroid dienone is 4. The molecule has 0 aromatic heterocycles. The molecule has 2 aromatic carbocycles. The molecule has 188 valence electrons. The van der Waals surface area contributed by atoms with E-state index in [4.69, 9.17) is 4.99 Å². The highest BCUT2D eigenvalue weighted by atomic mass is 15.2. The monoisotopic (exact) mass is 479 g/mol. The van der Waals surface area contributed by atoms with E-state index in [2.05, 4.69) is 123 Å². The molecular weight excluding hydrogens is 438 g/mol. The lowest BCUT2D eigenvalue weighted by molar-refractivity contribution is 0.364. The molecule has 0 saturated heterocycles. The maximum atomic E-state index is 5.14. The van der Waals surface area contributed by atoms with Gasteiger partial charge in [0, 0.05) is 38.0 Å². The van der Waals surface area contributed by atoms with Crippen molar-refractivity contribution < 1.29 is 0 Å². The number of hydrogen-bond acceptors (Lipinski definition) is 2. The van der Waals surface area contributed by atoms with Gasteiger partial charge in [0.2, 0.25) is 0 Å². The second kappa shape index (κ2) is 13.5. The molecule has 1 unspecified atom stereocenters. The number of aliphatic imine (C=N–C) groups is 1. The second-order valence-corrected chi connectivity index (χ2v) is 9.45. The SMILES string of the molecule is C=CC.C=CC1=C(N=C(C)N(C)C(c2ccccc2)c2ccccc2)CCN(C2=CCC(C)C=C2)C1. The molecule has 2 aliphatic rings. The van der Waals surface area contributed by atoms with Crippen LogP contribution in [0.1, 0.15) is 50.8 Å². The first-order valence-corrected chi connectivity index (χ1v) is 12.9. The minimum absolute atomic E-state index is 0.114. The lowest BCUT2D eigenvalue weighted by Gasteiger charge is -2.34. The third kappa shape index (κ3) is 6.97. The number of nitrogens with zero attached hydrogens (tertiary/aromatic N) is 3. The lowest BCUT2D eigenvalue weighted by atomic mass is 9.97. The van der Waals surface area contributed by atoms with Crippen LogP contribution in [-0.2, 0) is 0 Å². The van der Waals surface area contributed by atoms with Crippen molar-refractivity contribution in [3.05, 3.63) is 132 Å². The minimum atomic E-state index is 0.114. The third-order valence-electron chi connectivity index (χ3n) is 6.68. The molecule has 2 aromatic rings. The Kier molecular flexibility index (Phi) is 10.1. The molecule has 0 spiro atoms. The van der Waals surface area contributed by atoms with E-state index in [-0.39, 0.29) is 6.04 Å². The van der Waals surface area contributed by atoms with E-state index < -0.39 is 0 Å². The van der Waals surface area contributed by atoms with Crippen LogP contribution in [0.3, 0.4) is 0 Å². The van der Waals surface area contributed by atoms with Crippen molar-refractivity contribution in [2.24, 2.45) is 10.9 Å². The summed E-state index contributed by atoms with van der Waals surface area (Å²) in [4.78, 5) is 9.88. The summed E-state index contributed by atoms with van der Waals surface area (Å²) in [6.45, 7) is 15.6. The zero-order valence-electron chi connectivity index (χ0n) is 22.4. The van der Waals surface area contributed by atoms with E-state index in [0.717, 1.165) is 37.5 Å². The van der Waals surface area contributed by atoms with Gasteiger partial charge in [-0.05, 0) is 49.0 Å². The van der Waals surface area contributed by atoms with Gasteiger partial charge in [-0.25, -0.2) is 4.99 Å². The number of rotatable bonds is 6. The van der Waals surface area contributed by atoms with E-state index in [1.807, 2.05) is 13.0 Å². The molecule has 36 heavy (non-hydrogen) atoms. The number of benzene rings is 2. The highest BCUT2D eigenvalue weighted by molar-refractivity contribution is 5.81. The van der Waals surface area contributed by atoms with Crippen molar-refractivity contribution in [1.29, 1.82) is 0 Å². The number of hydrogen-bond donors (Lipinski definition) is 0. The predicted molar refractivity (Wildman–Crippen MR) is 156 cm³/mol. The Morgan fingerprint density at radius 1 is 1.06 bits per heavy atom. The Bertz CT molecular complexity index is 1080. The van der Waals surface area contributed by atoms with Gasteiger partial charge in [0.1, 0.15) is 5.84 Å². The minimum Gasteiger partial charge on any atom is -0.367 e. The van der Waals surface area contributed by atoms with Gasteiger partial charge in [-0.15, -0.1) is 6.58 Å². The summed E-state index contributed by atoms with van der Waals surface area (Å²) >= 11 is 0. The molecule has 1 atom stereocenters. The fraction of sp³-hybridized carbons (Fsp3) is 0.303. The molecule has 4 rings (SSSR count). The van der Waals surface area contributed by atoms with Crippen molar-refractivity contribution in [3.63, 3.8) is 0 Å². The van der Waals surface area contributed by atoms with Gasteiger partial charge in [0.05, 0.1) is 6.04 Å². The fourth-order valence-electron chi connectivity index (χ4n) is 4.63. The first-order valence-electron chi connectivity index (χ1n) is 12.9. The number of amidine groups is 1. The van der Waals surface area contributed by atoms with Gasteiger partial charge in [-0.1, -0.05) is 98.5 Å². The van der Waals surface area contributed by atoms with Crippen LogP contribution >= 0.6 is 0 Å². The smallest absolute Gasteiger partial charge is 0.102 e. The van der Waals surface area contributed by atoms with Crippen molar-refractivity contribution in [3.8, 4) is 0 Å². The Morgan fingerprint density at radius 3 is 2.14 bits per heavy atom. The average Bonchev–Trinajstić information content (AvgIpc) is 2.91. The summed E-state index contributed by atoms with van der Waals surface area (Å²) in [5, 5.41) is 0. The van der Waals surface area contributed by atoms with E-state index in [1.54, 1.807) is 6.08 Å². The van der Waals surface area contributed by atoms with Crippen molar-refractivity contribution in [2.45, 2.75) is 39.7 Å². The van der Waals surface area contributed by atoms with Gasteiger partial charge < -0.3 is 9.80 Å². The molecule has 0 N–H and O–H groups in total. The normalized spacial score (nSPS) is 17.8. The topological polar surface area (TPSA) is 18.8 Å². The van der Waals surface area contributed by atoms with Crippen LogP contribution in [0.5, 0.6) is 0 Å². The summed E-state index contributed by atoms with van der Waals surface area (Å²) in [6.07, 6.45) is 12.7. The maximum absolute atomic E-state index is 5.14. The predicted octanol–water partition coefficient (Wildman–Crippen LogP) is 7.94. The Hall–Kier alpha value is -3.59. The second-order valence-electron chi connectivity index (χ2n) is 9.45. The molecule has 0 radical (unpaired) electrons. The zero-order chi connectivity index (χ0) is 25.9. The molecule has 0 bridgehead atoms.